The van der Waals surface area contributed by atoms with E-state index in [1.165, 1.54) is 37.7 Å². The molecule has 0 saturated carbocycles. The molecule has 0 amide bonds. The molecule has 6 rings (SSSR count). The van der Waals surface area contributed by atoms with Gasteiger partial charge in [0.2, 0.25) is 0 Å². The lowest BCUT2D eigenvalue weighted by Crippen LogP contribution is -1.83. The molecule has 0 radical (unpaired) electrons. The third-order valence-corrected chi connectivity index (χ3v) is 5.74. The summed E-state index contributed by atoms with van der Waals surface area (Å²) in [5.41, 5.74) is 2.23. The second-order valence-corrected chi connectivity index (χ2v) is 7.23. The first-order valence-electron chi connectivity index (χ1n) is 8.74. The number of halogens is 1. The number of rotatable bonds is 0. The van der Waals surface area contributed by atoms with E-state index in [4.69, 9.17) is 11.6 Å². The predicted molar refractivity (Wildman–Crippen MR) is 113 cm³/mol. The van der Waals surface area contributed by atoms with Gasteiger partial charge in [0.05, 0.1) is 5.02 Å². The largest absolute Gasteiger partial charge is 0.354 e. The average molecular weight is 352 g/mol. The highest BCUT2D eigenvalue weighted by molar-refractivity contribution is 6.42. The van der Waals surface area contributed by atoms with Crippen LogP contribution in [0.1, 0.15) is 0 Å². The van der Waals surface area contributed by atoms with Gasteiger partial charge < -0.3 is 4.98 Å². The average Bonchev–Trinajstić information content (AvgIpc) is 3.05. The van der Waals surface area contributed by atoms with Gasteiger partial charge in [0, 0.05) is 27.2 Å². The summed E-state index contributed by atoms with van der Waals surface area (Å²) in [7, 11) is 0. The lowest BCUT2D eigenvalue weighted by Gasteiger charge is -2.10. The molecule has 0 bridgehead atoms. The molecule has 5 aromatic carbocycles. The van der Waals surface area contributed by atoms with Crippen LogP contribution in [0.2, 0.25) is 5.02 Å². The highest BCUT2D eigenvalue weighted by Gasteiger charge is 2.14. The molecule has 1 nitrogen and oxygen atoms in total. The van der Waals surface area contributed by atoms with E-state index in [-0.39, 0.29) is 0 Å². The van der Waals surface area contributed by atoms with Crippen molar-refractivity contribution in [1.29, 1.82) is 0 Å². The maximum absolute atomic E-state index is 6.77. The van der Waals surface area contributed by atoms with Gasteiger partial charge in [-0.25, -0.2) is 0 Å². The van der Waals surface area contributed by atoms with E-state index < -0.39 is 0 Å². The fourth-order valence-electron chi connectivity index (χ4n) is 4.31. The molecule has 0 atom stereocenters. The first-order chi connectivity index (χ1) is 12.8. The van der Waals surface area contributed by atoms with Gasteiger partial charge in [-0.2, -0.15) is 0 Å². The Labute approximate surface area is 154 Å². The lowest BCUT2D eigenvalue weighted by atomic mass is 9.95. The first kappa shape index (κ1) is 14.2. The maximum atomic E-state index is 6.77. The molecule has 0 fully saturated rings. The summed E-state index contributed by atoms with van der Waals surface area (Å²) in [6.45, 7) is 0. The third kappa shape index (κ3) is 1.76. The molecular formula is C24H14ClN. The van der Waals surface area contributed by atoms with Crippen molar-refractivity contribution in [2.24, 2.45) is 0 Å². The van der Waals surface area contributed by atoms with Gasteiger partial charge in [-0.05, 0) is 39.1 Å². The van der Waals surface area contributed by atoms with Gasteiger partial charge in [-0.15, -0.1) is 0 Å². The second kappa shape index (κ2) is 5.00. The van der Waals surface area contributed by atoms with Crippen LogP contribution < -0.4 is 0 Å². The van der Waals surface area contributed by atoms with Crippen LogP contribution in [0.25, 0.3) is 54.1 Å². The molecule has 1 N–H and O–H groups in total. The highest BCUT2D eigenvalue weighted by Crippen LogP contribution is 2.41. The molecule has 1 heterocycles. The summed E-state index contributed by atoms with van der Waals surface area (Å²) in [5.74, 6) is 0. The second-order valence-electron chi connectivity index (χ2n) is 6.82. The van der Waals surface area contributed by atoms with Crippen LogP contribution in [0, 0.1) is 0 Å². The van der Waals surface area contributed by atoms with Crippen molar-refractivity contribution in [3.05, 3.63) is 83.9 Å². The van der Waals surface area contributed by atoms with Crippen LogP contribution in [-0.2, 0) is 0 Å². The van der Waals surface area contributed by atoms with Crippen molar-refractivity contribution in [1.82, 2.24) is 4.98 Å². The Balaban J connectivity index is 1.91. The van der Waals surface area contributed by atoms with Gasteiger partial charge in [0.15, 0.2) is 0 Å². The van der Waals surface area contributed by atoms with Gasteiger partial charge >= 0.3 is 0 Å². The van der Waals surface area contributed by atoms with Crippen molar-refractivity contribution in [3.63, 3.8) is 0 Å². The zero-order chi connectivity index (χ0) is 17.3. The van der Waals surface area contributed by atoms with Crippen molar-refractivity contribution in [2.75, 3.05) is 0 Å². The van der Waals surface area contributed by atoms with Crippen molar-refractivity contribution < 1.29 is 0 Å². The Morgan fingerprint density at radius 1 is 0.538 bits per heavy atom. The minimum absolute atomic E-state index is 0.792. The number of hydrogen-bond donors (Lipinski definition) is 1. The number of fused-ring (bicyclic) bond motifs is 9. The van der Waals surface area contributed by atoms with E-state index in [9.17, 15) is 0 Å². The molecule has 122 valence electrons. The van der Waals surface area contributed by atoms with Gasteiger partial charge in [-0.3, -0.25) is 0 Å². The molecule has 1 aromatic heterocycles. The number of hydrogen-bond acceptors (Lipinski definition) is 0. The van der Waals surface area contributed by atoms with Crippen molar-refractivity contribution >= 4 is 65.7 Å². The number of aromatic nitrogens is 1. The normalized spacial score (nSPS) is 12.0. The van der Waals surface area contributed by atoms with Crippen LogP contribution in [0.3, 0.4) is 0 Å². The number of para-hydroxylation sites is 1. The SMILES string of the molecule is Clc1cc2[nH]c3ccccc3c2c2ccc3c4ccccc4ccc3c12. The maximum Gasteiger partial charge on any atom is 0.0511 e. The Hall–Kier alpha value is -3.03. The van der Waals surface area contributed by atoms with E-state index in [0.29, 0.717) is 0 Å². The van der Waals surface area contributed by atoms with Crippen LogP contribution in [-0.4, -0.2) is 4.98 Å². The van der Waals surface area contributed by atoms with E-state index >= 15 is 0 Å². The molecule has 0 aliphatic heterocycles. The van der Waals surface area contributed by atoms with Crippen molar-refractivity contribution in [2.45, 2.75) is 0 Å². The summed E-state index contributed by atoms with van der Waals surface area (Å²) < 4.78 is 0. The zero-order valence-electron chi connectivity index (χ0n) is 13.9. The molecule has 0 unspecified atom stereocenters. The number of benzene rings is 5. The Bertz CT molecular complexity index is 1490. The van der Waals surface area contributed by atoms with E-state index in [0.717, 1.165) is 21.4 Å². The monoisotopic (exact) mass is 351 g/mol. The smallest absolute Gasteiger partial charge is 0.0511 e. The zero-order valence-corrected chi connectivity index (χ0v) is 14.6. The van der Waals surface area contributed by atoms with E-state index in [1.54, 1.807) is 0 Å². The van der Waals surface area contributed by atoms with Gasteiger partial charge in [0.1, 0.15) is 0 Å². The molecule has 2 heteroatoms. The number of H-pyrrole nitrogens is 1. The van der Waals surface area contributed by atoms with E-state index in [1.807, 2.05) is 0 Å². The summed E-state index contributed by atoms with van der Waals surface area (Å²) in [6, 6.07) is 27.9. The molecule has 0 spiro atoms. The Kier molecular flexibility index (Phi) is 2.72. The Morgan fingerprint density at radius 2 is 1.27 bits per heavy atom. The van der Waals surface area contributed by atoms with Crippen LogP contribution in [0.5, 0.6) is 0 Å². The summed E-state index contributed by atoms with van der Waals surface area (Å²) in [4.78, 5) is 3.50. The van der Waals surface area contributed by atoms with Gasteiger partial charge in [-0.1, -0.05) is 78.3 Å². The minimum Gasteiger partial charge on any atom is -0.354 e. The fraction of sp³-hybridized carbons (Fsp3) is 0. The van der Waals surface area contributed by atoms with Crippen LogP contribution >= 0.6 is 11.6 Å². The molecule has 0 aliphatic carbocycles. The lowest BCUT2D eigenvalue weighted by molar-refractivity contribution is 1.55. The highest BCUT2D eigenvalue weighted by atomic mass is 35.5. The molecular weight excluding hydrogens is 338 g/mol. The van der Waals surface area contributed by atoms with Crippen LogP contribution in [0.15, 0.2) is 78.9 Å². The molecule has 6 aromatic rings. The van der Waals surface area contributed by atoms with E-state index in [2.05, 4.69) is 83.8 Å². The molecule has 26 heavy (non-hydrogen) atoms. The third-order valence-electron chi connectivity index (χ3n) is 5.44. The molecule has 0 aliphatic rings. The number of aromatic amines is 1. The predicted octanol–water partition coefficient (Wildman–Crippen LogP) is 7.43. The topological polar surface area (TPSA) is 15.8 Å². The fourth-order valence-corrected chi connectivity index (χ4v) is 4.63. The number of nitrogens with one attached hydrogen (secondary N) is 1. The minimum atomic E-state index is 0.792. The summed E-state index contributed by atoms with van der Waals surface area (Å²) >= 11 is 6.77. The standard InChI is InChI=1S/C24H14ClN/c25-20-13-22-24(18-7-3-4-8-21(18)26-22)19-12-11-16-15-6-2-1-5-14(15)9-10-17(16)23(19)20/h1-13,26H. The van der Waals surface area contributed by atoms with Crippen LogP contribution in [0.4, 0.5) is 0 Å². The van der Waals surface area contributed by atoms with Crippen molar-refractivity contribution in [3.8, 4) is 0 Å². The summed E-state index contributed by atoms with van der Waals surface area (Å²) in [5, 5.41) is 10.6. The quantitative estimate of drug-likeness (QED) is 0.274. The van der Waals surface area contributed by atoms with Gasteiger partial charge in [0.25, 0.3) is 0 Å². The Morgan fingerprint density at radius 3 is 2.19 bits per heavy atom. The summed E-state index contributed by atoms with van der Waals surface area (Å²) in [6.07, 6.45) is 0. The molecule has 0 saturated heterocycles. The first-order valence-corrected chi connectivity index (χ1v) is 9.12.